The third kappa shape index (κ3) is 5.94. The van der Waals surface area contributed by atoms with E-state index in [1.54, 1.807) is 24.3 Å². The van der Waals surface area contributed by atoms with Crippen molar-refractivity contribution in [2.24, 2.45) is 11.7 Å². The Morgan fingerprint density at radius 1 is 1.26 bits per heavy atom. The first-order valence-corrected chi connectivity index (χ1v) is 9.47. The van der Waals surface area contributed by atoms with Crippen LogP contribution in [0.1, 0.15) is 19.8 Å². The van der Waals surface area contributed by atoms with Crippen molar-refractivity contribution in [1.82, 2.24) is 14.5 Å². The molecule has 170 valence electrons. The van der Waals surface area contributed by atoms with Gasteiger partial charge in [0.1, 0.15) is 0 Å². The number of amides is 1. The fourth-order valence-corrected chi connectivity index (χ4v) is 3.48. The number of fused-ring (bicyclic) bond motifs is 1. The van der Waals surface area contributed by atoms with Crippen molar-refractivity contribution in [3.8, 4) is 0 Å². The van der Waals surface area contributed by atoms with E-state index in [0.717, 1.165) is 6.42 Å². The number of alkyl halides is 3. The number of nitrogens with one attached hydrogen (secondary N) is 1. The summed E-state index contributed by atoms with van der Waals surface area (Å²) in [5, 5.41) is 7.57. The van der Waals surface area contributed by atoms with Crippen LogP contribution in [0.4, 0.5) is 13.2 Å². The number of aliphatic carboxylic acids is 1. The molecule has 12 heteroatoms. The van der Waals surface area contributed by atoms with E-state index in [1.807, 2.05) is 11.8 Å². The van der Waals surface area contributed by atoms with Crippen LogP contribution in [0.2, 0.25) is 0 Å². The average Bonchev–Trinajstić information content (AvgIpc) is 3.08. The minimum absolute atomic E-state index is 0.0145. The fraction of sp³-hybridized carbons (Fsp3) is 0.474. The highest BCUT2D eigenvalue weighted by molar-refractivity contribution is 5.79. The number of hydrogen-bond acceptors (Lipinski definition) is 5. The second kappa shape index (κ2) is 9.77. The number of para-hydroxylation sites is 1. The number of likely N-dealkylation sites (tertiary alicyclic amines) is 1. The first-order valence-electron chi connectivity index (χ1n) is 9.47. The van der Waals surface area contributed by atoms with Gasteiger partial charge in [-0.15, -0.1) is 0 Å². The summed E-state index contributed by atoms with van der Waals surface area (Å²) < 4.78 is 33.2. The highest BCUT2D eigenvalue weighted by atomic mass is 19.4. The number of nitrogens with two attached hydrogens (primary N) is 1. The van der Waals surface area contributed by atoms with Gasteiger partial charge in [-0.3, -0.25) is 19.1 Å². The molecule has 0 aliphatic carbocycles. The van der Waals surface area contributed by atoms with Gasteiger partial charge in [0.15, 0.2) is 0 Å². The second-order valence-corrected chi connectivity index (χ2v) is 7.21. The van der Waals surface area contributed by atoms with Gasteiger partial charge < -0.3 is 15.7 Å². The minimum Gasteiger partial charge on any atom is -0.475 e. The van der Waals surface area contributed by atoms with Crippen molar-refractivity contribution in [3.05, 3.63) is 45.1 Å². The van der Waals surface area contributed by atoms with Gasteiger partial charge in [0.25, 0.3) is 5.56 Å². The molecule has 0 radical (unpaired) electrons. The summed E-state index contributed by atoms with van der Waals surface area (Å²) in [5.74, 6) is -2.39. The van der Waals surface area contributed by atoms with Gasteiger partial charge in [-0.25, -0.2) is 9.59 Å². The summed E-state index contributed by atoms with van der Waals surface area (Å²) in [7, 11) is 0. The molecule has 0 saturated carbocycles. The second-order valence-electron chi connectivity index (χ2n) is 7.21. The lowest BCUT2D eigenvalue weighted by molar-refractivity contribution is -0.192. The number of rotatable bonds is 4. The van der Waals surface area contributed by atoms with Crippen molar-refractivity contribution in [1.29, 1.82) is 0 Å². The van der Waals surface area contributed by atoms with Crippen LogP contribution < -0.4 is 17.0 Å². The molecular formula is C19H23F3N4O5. The Kier molecular flexibility index (Phi) is 7.60. The fourth-order valence-electron chi connectivity index (χ4n) is 3.48. The molecule has 2 aromatic rings. The molecule has 1 aromatic carbocycles. The van der Waals surface area contributed by atoms with Gasteiger partial charge in [0.05, 0.1) is 10.9 Å². The molecule has 2 unspecified atom stereocenters. The van der Waals surface area contributed by atoms with Crippen LogP contribution in [0.15, 0.2) is 33.9 Å². The molecule has 31 heavy (non-hydrogen) atoms. The number of halogens is 3. The van der Waals surface area contributed by atoms with Crippen molar-refractivity contribution in [2.45, 2.75) is 38.5 Å². The lowest BCUT2D eigenvalue weighted by Crippen LogP contribution is -2.36. The molecule has 0 spiro atoms. The molecule has 2 atom stereocenters. The number of H-pyrrole nitrogens is 1. The van der Waals surface area contributed by atoms with E-state index in [0.29, 0.717) is 29.9 Å². The van der Waals surface area contributed by atoms with Crippen LogP contribution in [-0.4, -0.2) is 56.7 Å². The number of carbonyl (C=O) groups excluding carboxylic acids is 1. The Balaban J connectivity index is 0.000000423. The predicted molar refractivity (Wildman–Crippen MR) is 105 cm³/mol. The smallest absolute Gasteiger partial charge is 0.475 e. The summed E-state index contributed by atoms with van der Waals surface area (Å²) in [6, 6.07) is 7.08. The highest BCUT2D eigenvalue weighted by Gasteiger charge is 2.38. The molecule has 2 heterocycles. The van der Waals surface area contributed by atoms with E-state index in [1.165, 1.54) is 4.57 Å². The molecule has 1 saturated heterocycles. The maximum atomic E-state index is 12.5. The third-order valence-electron chi connectivity index (χ3n) is 5.01. The molecule has 1 aromatic heterocycles. The standard InChI is InChI=1S/C17H22N4O3.C2HF3O2/c1-11-8-12(9-18)10-21(11)15(22)6-7-20-14-5-3-2-4-13(14)16(23)19-17(20)24;3-2(4,5)1(6)7/h2-5,11-12H,6-10,18H2,1H3,(H,19,23,24);(H,6,7). The molecule has 3 rings (SSSR count). The summed E-state index contributed by atoms with van der Waals surface area (Å²) >= 11 is 0. The van der Waals surface area contributed by atoms with E-state index in [9.17, 15) is 27.6 Å². The first kappa shape index (κ1) is 24.1. The quantitative estimate of drug-likeness (QED) is 0.641. The molecule has 0 bridgehead atoms. The van der Waals surface area contributed by atoms with E-state index >= 15 is 0 Å². The summed E-state index contributed by atoms with van der Waals surface area (Å²) in [5.41, 5.74) is 5.36. The number of aromatic amines is 1. The maximum Gasteiger partial charge on any atom is 0.490 e. The predicted octanol–water partition coefficient (Wildman–Crippen LogP) is 0.909. The van der Waals surface area contributed by atoms with Crippen molar-refractivity contribution in [3.63, 3.8) is 0 Å². The number of aromatic nitrogens is 2. The van der Waals surface area contributed by atoms with E-state index in [4.69, 9.17) is 15.6 Å². The monoisotopic (exact) mass is 444 g/mol. The number of carboxylic acid groups (broad SMARTS) is 1. The Morgan fingerprint density at radius 2 is 1.87 bits per heavy atom. The zero-order valence-corrected chi connectivity index (χ0v) is 16.7. The van der Waals surface area contributed by atoms with Gasteiger partial charge in [0, 0.05) is 25.6 Å². The number of carbonyl (C=O) groups is 2. The normalized spacial score (nSPS) is 18.5. The van der Waals surface area contributed by atoms with Gasteiger partial charge in [0.2, 0.25) is 5.91 Å². The van der Waals surface area contributed by atoms with Gasteiger partial charge >= 0.3 is 17.8 Å². The summed E-state index contributed by atoms with van der Waals surface area (Å²) in [6.07, 6.45) is -3.94. The zero-order valence-electron chi connectivity index (χ0n) is 16.7. The number of hydrogen-bond donors (Lipinski definition) is 3. The number of aryl methyl sites for hydroxylation is 1. The van der Waals surface area contributed by atoms with Crippen LogP contribution in [0.3, 0.4) is 0 Å². The van der Waals surface area contributed by atoms with Crippen LogP contribution in [0.25, 0.3) is 10.9 Å². The largest absolute Gasteiger partial charge is 0.490 e. The Morgan fingerprint density at radius 3 is 2.42 bits per heavy atom. The van der Waals surface area contributed by atoms with Crippen LogP contribution >= 0.6 is 0 Å². The van der Waals surface area contributed by atoms with E-state index in [2.05, 4.69) is 4.98 Å². The Bertz CT molecular complexity index is 1060. The zero-order chi connectivity index (χ0) is 23.3. The summed E-state index contributed by atoms with van der Waals surface area (Å²) in [6.45, 7) is 3.52. The molecule has 9 nitrogen and oxygen atoms in total. The van der Waals surface area contributed by atoms with Gasteiger partial charge in [-0.05, 0) is 37.9 Å². The minimum atomic E-state index is -5.08. The van der Waals surface area contributed by atoms with Crippen LogP contribution in [-0.2, 0) is 16.1 Å². The van der Waals surface area contributed by atoms with Crippen LogP contribution in [0.5, 0.6) is 0 Å². The lowest BCUT2D eigenvalue weighted by Gasteiger charge is -2.22. The molecule has 1 aliphatic rings. The van der Waals surface area contributed by atoms with E-state index in [-0.39, 0.29) is 24.9 Å². The molecule has 1 aliphatic heterocycles. The van der Waals surface area contributed by atoms with Gasteiger partial charge in [-0.1, -0.05) is 12.1 Å². The first-order chi connectivity index (χ1) is 14.5. The molecular weight excluding hydrogens is 421 g/mol. The SMILES string of the molecule is CC1CC(CN)CN1C(=O)CCn1c(=O)[nH]c(=O)c2ccccc21.O=C(O)C(F)(F)F. The third-order valence-corrected chi connectivity index (χ3v) is 5.01. The maximum absolute atomic E-state index is 12.5. The molecule has 1 amide bonds. The number of nitrogens with zero attached hydrogens (tertiary/aromatic N) is 2. The number of benzene rings is 1. The average molecular weight is 444 g/mol. The molecule has 1 fully saturated rings. The summed E-state index contributed by atoms with van der Waals surface area (Å²) in [4.78, 5) is 49.5. The Hall–Kier alpha value is -3.15. The van der Waals surface area contributed by atoms with Crippen molar-refractivity contribution in [2.75, 3.05) is 13.1 Å². The van der Waals surface area contributed by atoms with Crippen LogP contribution in [0, 0.1) is 5.92 Å². The van der Waals surface area contributed by atoms with Crippen molar-refractivity contribution < 1.29 is 27.9 Å². The lowest BCUT2D eigenvalue weighted by atomic mass is 10.1. The number of carboxylic acids is 1. The van der Waals surface area contributed by atoms with Crippen molar-refractivity contribution >= 4 is 22.8 Å². The topological polar surface area (TPSA) is 138 Å². The van der Waals surface area contributed by atoms with E-state index < -0.39 is 23.4 Å². The highest BCUT2D eigenvalue weighted by Crippen LogP contribution is 2.23. The Labute approximate surface area is 174 Å². The van der Waals surface area contributed by atoms with Gasteiger partial charge in [-0.2, -0.15) is 13.2 Å². The molecule has 4 N–H and O–H groups in total.